The lowest BCUT2D eigenvalue weighted by Crippen LogP contribution is -2.07. The molecule has 2 aromatic rings. The van der Waals surface area contributed by atoms with E-state index in [-0.39, 0.29) is 10.6 Å². The second kappa shape index (κ2) is 4.13. The van der Waals surface area contributed by atoms with Gasteiger partial charge in [-0.1, -0.05) is 6.07 Å². The molecule has 2 rings (SSSR count). The fraction of sp³-hybridized carbons (Fsp3) is 0.250. The highest BCUT2D eigenvalue weighted by molar-refractivity contribution is 7.90. The summed E-state index contributed by atoms with van der Waals surface area (Å²) in [6.45, 7) is 3.80. The van der Waals surface area contributed by atoms with Gasteiger partial charge in [-0.2, -0.15) is 0 Å². The van der Waals surface area contributed by atoms with E-state index in [9.17, 15) is 8.42 Å². The Bertz CT molecular complexity index is 702. The van der Waals surface area contributed by atoms with Crippen LogP contribution >= 0.6 is 0 Å². The molecule has 18 heavy (non-hydrogen) atoms. The van der Waals surface area contributed by atoms with Crippen molar-refractivity contribution in [1.82, 2.24) is 9.55 Å². The topological polar surface area (TPSA) is 78.0 Å². The number of hydrogen-bond acceptors (Lipinski definition) is 4. The van der Waals surface area contributed by atoms with Gasteiger partial charge in [0.2, 0.25) is 0 Å². The molecule has 0 aliphatic heterocycles. The number of benzene rings is 1. The molecule has 6 heteroatoms. The minimum absolute atomic E-state index is 0.144. The van der Waals surface area contributed by atoms with E-state index in [0.717, 1.165) is 17.6 Å². The Kier molecular flexibility index (Phi) is 2.90. The lowest BCUT2D eigenvalue weighted by Gasteiger charge is -2.12. The summed E-state index contributed by atoms with van der Waals surface area (Å²) < 4.78 is 25.0. The van der Waals surface area contributed by atoms with Crippen molar-refractivity contribution in [2.45, 2.75) is 18.7 Å². The summed E-state index contributed by atoms with van der Waals surface area (Å²) in [4.78, 5) is 4.33. The maximum absolute atomic E-state index is 11.6. The molecule has 0 aliphatic rings. The van der Waals surface area contributed by atoms with Crippen LogP contribution in [-0.4, -0.2) is 24.2 Å². The summed E-state index contributed by atoms with van der Waals surface area (Å²) in [5.74, 6) is 0. The van der Waals surface area contributed by atoms with Crippen LogP contribution in [0.5, 0.6) is 0 Å². The van der Waals surface area contributed by atoms with Crippen LogP contribution < -0.4 is 5.73 Å². The van der Waals surface area contributed by atoms with Crippen molar-refractivity contribution in [3.8, 4) is 5.69 Å². The fourth-order valence-electron chi connectivity index (χ4n) is 1.81. The number of aromatic nitrogens is 2. The van der Waals surface area contributed by atoms with Crippen LogP contribution in [0.1, 0.15) is 11.4 Å². The van der Waals surface area contributed by atoms with Gasteiger partial charge in [0, 0.05) is 11.9 Å². The van der Waals surface area contributed by atoms with E-state index < -0.39 is 9.84 Å². The van der Waals surface area contributed by atoms with Gasteiger partial charge in [-0.25, -0.2) is 13.4 Å². The standard InChI is InChI=1S/C12H15N3O2S/c1-8-9(2)15(7-14-8)10-5-4-6-11(12(10)13)18(3,16)17/h4-7H,13H2,1-3H3. The van der Waals surface area contributed by atoms with Gasteiger partial charge in [0.1, 0.15) is 0 Å². The Labute approximate surface area is 106 Å². The zero-order valence-electron chi connectivity index (χ0n) is 10.5. The number of para-hydroxylation sites is 1. The zero-order chi connectivity index (χ0) is 13.5. The summed E-state index contributed by atoms with van der Waals surface area (Å²) in [7, 11) is -3.33. The van der Waals surface area contributed by atoms with Crippen molar-refractivity contribution in [3.63, 3.8) is 0 Å². The predicted octanol–water partition coefficient (Wildman–Crippen LogP) is 1.47. The minimum atomic E-state index is -3.33. The number of rotatable bonds is 2. The number of aryl methyl sites for hydroxylation is 1. The van der Waals surface area contributed by atoms with Crippen LogP contribution in [0.3, 0.4) is 0 Å². The molecule has 0 aliphatic carbocycles. The van der Waals surface area contributed by atoms with E-state index in [1.54, 1.807) is 23.0 Å². The van der Waals surface area contributed by atoms with Gasteiger partial charge in [0.15, 0.2) is 9.84 Å². The Balaban J connectivity index is 2.71. The molecular formula is C12H15N3O2S. The third kappa shape index (κ3) is 1.99. The van der Waals surface area contributed by atoms with Gasteiger partial charge < -0.3 is 10.3 Å². The fourth-order valence-corrected chi connectivity index (χ4v) is 2.64. The highest BCUT2D eigenvalue weighted by atomic mass is 32.2. The number of nitrogens with zero attached hydrogens (tertiary/aromatic N) is 2. The lowest BCUT2D eigenvalue weighted by atomic mass is 10.2. The minimum Gasteiger partial charge on any atom is -0.396 e. The van der Waals surface area contributed by atoms with Gasteiger partial charge >= 0.3 is 0 Å². The Hall–Kier alpha value is -1.82. The number of nitrogen functional groups attached to an aromatic ring is 1. The summed E-state index contributed by atoms with van der Waals surface area (Å²) in [6, 6.07) is 4.96. The van der Waals surface area contributed by atoms with Crippen molar-refractivity contribution in [2.75, 3.05) is 12.0 Å². The molecule has 1 heterocycles. The average molecular weight is 265 g/mol. The molecule has 0 radical (unpaired) electrons. The molecule has 1 aromatic heterocycles. The molecule has 0 spiro atoms. The van der Waals surface area contributed by atoms with E-state index >= 15 is 0 Å². The second-order valence-electron chi connectivity index (χ2n) is 4.25. The molecule has 5 nitrogen and oxygen atoms in total. The second-order valence-corrected chi connectivity index (χ2v) is 6.23. The number of hydrogen-bond donors (Lipinski definition) is 1. The van der Waals surface area contributed by atoms with E-state index in [1.165, 1.54) is 6.07 Å². The smallest absolute Gasteiger partial charge is 0.177 e. The SMILES string of the molecule is Cc1ncn(-c2cccc(S(C)(=O)=O)c2N)c1C. The number of sulfone groups is 1. The third-order valence-corrected chi connectivity index (χ3v) is 4.11. The monoisotopic (exact) mass is 265 g/mol. The van der Waals surface area contributed by atoms with Gasteiger partial charge in [-0.3, -0.25) is 0 Å². The first-order chi connectivity index (χ1) is 8.32. The van der Waals surface area contributed by atoms with Crippen molar-refractivity contribution in [3.05, 3.63) is 35.9 Å². The lowest BCUT2D eigenvalue weighted by molar-refractivity contribution is 0.602. The molecule has 0 atom stereocenters. The molecule has 0 fully saturated rings. The highest BCUT2D eigenvalue weighted by Crippen LogP contribution is 2.26. The van der Waals surface area contributed by atoms with Crippen molar-refractivity contribution in [2.24, 2.45) is 0 Å². The summed E-state index contributed by atoms with van der Waals surface area (Å²) >= 11 is 0. The quantitative estimate of drug-likeness (QED) is 0.834. The third-order valence-electron chi connectivity index (χ3n) is 2.95. The first kappa shape index (κ1) is 12.6. The summed E-state index contributed by atoms with van der Waals surface area (Å²) in [5, 5.41) is 0. The van der Waals surface area contributed by atoms with Crippen LogP contribution in [0, 0.1) is 13.8 Å². The average Bonchev–Trinajstić information content (AvgIpc) is 2.59. The number of nitrogens with two attached hydrogens (primary N) is 1. The molecule has 96 valence electrons. The zero-order valence-corrected chi connectivity index (χ0v) is 11.3. The molecule has 0 saturated heterocycles. The van der Waals surface area contributed by atoms with E-state index in [0.29, 0.717) is 5.69 Å². The normalized spacial score (nSPS) is 11.7. The van der Waals surface area contributed by atoms with Gasteiger partial charge in [0.05, 0.1) is 28.3 Å². The Morgan fingerprint density at radius 3 is 2.44 bits per heavy atom. The maximum atomic E-state index is 11.6. The molecule has 0 bridgehead atoms. The molecule has 0 saturated carbocycles. The predicted molar refractivity (Wildman–Crippen MR) is 70.6 cm³/mol. The van der Waals surface area contributed by atoms with Gasteiger partial charge in [0.25, 0.3) is 0 Å². The largest absolute Gasteiger partial charge is 0.396 e. The Morgan fingerprint density at radius 2 is 1.94 bits per heavy atom. The van der Waals surface area contributed by atoms with Crippen LogP contribution in [-0.2, 0) is 9.84 Å². The van der Waals surface area contributed by atoms with Crippen molar-refractivity contribution < 1.29 is 8.42 Å². The van der Waals surface area contributed by atoms with Crippen LogP contribution in [0.25, 0.3) is 5.69 Å². The summed E-state index contributed by atoms with van der Waals surface area (Å²) in [6.07, 6.45) is 2.79. The molecule has 0 unspecified atom stereocenters. The molecular weight excluding hydrogens is 250 g/mol. The highest BCUT2D eigenvalue weighted by Gasteiger charge is 2.16. The summed E-state index contributed by atoms with van der Waals surface area (Å²) in [5.41, 5.74) is 8.66. The molecule has 1 aromatic carbocycles. The molecule has 2 N–H and O–H groups in total. The van der Waals surface area contributed by atoms with Crippen molar-refractivity contribution >= 4 is 15.5 Å². The molecule has 0 amide bonds. The number of anilines is 1. The maximum Gasteiger partial charge on any atom is 0.177 e. The first-order valence-electron chi connectivity index (χ1n) is 5.42. The van der Waals surface area contributed by atoms with Gasteiger partial charge in [-0.15, -0.1) is 0 Å². The first-order valence-corrected chi connectivity index (χ1v) is 7.31. The van der Waals surface area contributed by atoms with Crippen LogP contribution in [0.2, 0.25) is 0 Å². The van der Waals surface area contributed by atoms with E-state index in [4.69, 9.17) is 5.73 Å². The van der Waals surface area contributed by atoms with Crippen LogP contribution in [0.15, 0.2) is 29.4 Å². The van der Waals surface area contributed by atoms with Crippen LogP contribution in [0.4, 0.5) is 5.69 Å². The van der Waals surface area contributed by atoms with Crippen molar-refractivity contribution in [1.29, 1.82) is 0 Å². The Morgan fingerprint density at radius 1 is 1.28 bits per heavy atom. The van der Waals surface area contributed by atoms with E-state index in [1.807, 2.05) is 13.8 Å². The number of imidazole rings is 1. The van der Waals surface area contributed by atoms with Gasteiger partial charge in [-0.05, 0) is 26.0 Å². The van der Waals surface area contributed by atoms with E-state index in [2.05, 4.69) is 4.98 Å².